The van der Waals surface area contributed by atoms with Crippen LogP contribution in [-0.2, 0) is 9.59 Å². The Labute approximate surface area is 96.6 Å². The predicted molar refractivity (Wildman–Crippen MR) is 62.2 cm³/mol. The SMILES string of the molecule is CCCCNC(=O)C(C)NC(C)(C)C(=O)O. The molecule has 94 valence electrons. The first-order chi connectivity index (χ1) is 7.31. The first-order valence-electron chi connectivity index (χ1n) is 5.60. The standard InChI is InChI=1S/C11H22N2O3/c1-5-6-7-12-9(14)8(2)13-11(3,4)10(15)16/h8,13H,5-7H2,1-4H3,(H,12,14)(H,15,16). The minimum Gasteiger partial charge on any atom is -0.480 e. The lowest BCUT2D eigenvalue weighted by molar-refractivity contribution is -0.144. The maximum atomic E-state index is 11.6. The molecule has 0 aliphatic rings. The minimum atomic E-state index is -1.10. The number of unbranched alkanes of at least 4 members (excludes halogenated alkanes) is 1. The van der Waals surface area contributed by atoms with Gasteiger partial charge < -0.3 is 10.4 Å². The van der Waals surface area contributed by atoms with Crippen molar-refractivity contribution in [3.8, 4) is 0 Å². The summed E-state index contributed by atoms with van der Waals surface area (Å²) in [5, 5.41) is 14.4. The Morgan fingerprint density at radius 3 is 2.38 bits per heavy atom. The molecule has 0 rings (SSSR count). The molecule has 0 aromatic carbocycles. The lowest BCUT2D eigenvalue weighted by Crippen LogP contribution is -2.55. The predicted octanol–water partition coefficient (Wildman–Crippen LogP) is 0.744. The highest BCUT2D eigenvalue weighted by Crippen LogP contribution is 2.03. The molecule has 5 heteroatoms. The topological polar surface area (TPSA) is 78.4 Å². The van der Waals surface area contributed by atoms with E-state index in [0.717, 1.165) is 12.8 Å². The average Bonchev–Trinajstić information content (AvgIpc) is 2.17. The van der Waals surface area contributed by atoms with Gasteiger partial charge in [-0.1, -0.05) is 13.3 Å². The summed E-state index contributed by atoms with van der Waals surface area (Å²) in [5.41, 5.74) is -1.10. The van der Waals surface area contributed by atoms with Crippen LogP contribution in [0.5, 0.6) is 0 Å². The molecule has 0 heterocycles. The van der Waals surface area contributed by atoms with Gasteiger partial charge in [0.2, 0.25) is 5.91 Å². The normalized spacial score (nSPS) is 13.2. The van der Waals surface area contributed by atoms with Gasteiger partial charge in [0.05, 0.1) is 6.04 Å². The summed E-state index contributed by atoms with van der Waals surface area (Å²) in [5.74, 6) is -1.14. The smallest absolute Gasteiger partial charge is 0.323 e. The van der Waals surface area contributed by atoms with E-state index in [9.17, 15) is 9.59 Å². The van der Waals surface area contributed by atoms with Gasteiger partial charge in [-0.05, 0) is 27.2 Å². The lowest BCUT2D eigenvalue weighted by atomic mass is 10.0. The van der Waals surface area contributed by atoms with E-state index in [-0.39, 0.29) is 5.91 Å². The Kier molecular flexibility index (Phi) is 6.03. The Balaban J connectivity index is 4.10. The maximum absolute atomic E-state index is 11.6. The van der Waals surface area contributed by atoms with Crippen molar-refractivity contribution >= 4 is 11.9 Å². The van der Waals surface area contributed by atoms with E-state index < -0.39 is 17.6 Å². The van der Waals surface area contributed by atoms with Gasteiger partial charge in [0.15, 0.2) is 0 Å². The van der Waals surface area contributed by atoms with Crippen LogP contribution in [0, 0.1) is 0 Å². The van der Waals surface area contributed by atoms with E-state index in [2.05, 4.69) is 10.6 Å². The lowest BCUT2D eigenvalue weighted by Gasteiger charge is -2.25. The third-order valence-electron chi connectivity index (χ3n) is 2.33. The van der Waals surface area contributed by atoms with Gasteiger partial charge in [-0.25, -0.2) is 0 Å². The number of carbonyl (C=O) groups is 2. The Hall–Kier alpha value is -1.10. The number of carboxylic acids is 1. The van der Waals surface area contributed by atoms with Gasteiger partial charge in [-0.3, -0.25) is 14.9 Å². The molecule has 0 saturated carbocycles. The fourth-order valence-electron chi connectivity index (χ4n) is 1.21. The van der Waals surface area contributed by atoms with Gasteiger partial charge in [-0.15, -0.1) is 0 Å². The summed E-state index contributed by atoms with van der Waals surface area (Å²) in [7, 11) is 0. The fourth-order valence-corrected chi connectivity index (χ4v) is 1.21. The third kappa shape index (κ3) is 5.11. The second-order valence-corrected chi connectivity index (χ2v) is 4.44. The molecule has 5 nitrogen and oxygen atoms in total. The highest BCUT2D eigenvalue weighted by atomic mass is 16.4. The Bertz CT molecular complexity index is 252. The number of aliphatic carboxylic acids is 1. The highest BCUT2D eigenvalue weighted by Gasteiger charge is 2.30. The molecule has 0 aliphatic heterocycles. The number of carboxylic acid groups (broad SMARTS) is 1. The molecule has 0 aromatic rings. The zero-order valence-electron chi connectivity index (χ0n) is 10.5. The molecule has 0 aliphatic carbocycles. The van der Waals surface area contributed by atoms with E-state index >= 15 is 0 Å². The van der Waals surface area contributed by atoms with E-state index in [1.807, 2.05) is 6.92 Å². The van der Waals surface area contributed by atoms with Crippen molar-refractivity contribution in [2.75, 3.05) is 6.54 Å². The number of nitrogens with one attached hydrogen (secondary N) is 2. The maximum Gasteiger partial charge on any atom is 0.323 e. The summed E-state index contributed by atoms with van der Waals surface area (Å²) >= 11 is 0. The Morgan fingerprint density at radius 2 is 1.94 bits per heavy atom. The summed E-state index contributed by atoms with van der Waals surface area (Å²) in [6.07, 6.45) is 1.95. The number of hydrogen-bond acceptors (Lipinski definition) is 3. The second kappa shape index (κ2) is 6.48. The molecular weight excluding hydrogens is 208 g/mol. The number of amides is 1. The van der Waals surface area contributed by atoms with Crippen molar-refractivity contribution < 1.29 is 14.7 Å². The van der Waals surface area contributed by atoms with Crippen molar-refractivity contribution in [2.45, 2.75) is 52.1 Å². The molecular formula is C11H22N2O3. The van der Waals surface area contributed by atoms with Crippen LogP contribution in [0.25, 0.3) is 0 Å². The minimum absolute atomic E-state index is 0.164. The zero-order valence-corrected chi connectivity index (χ0v) is 10.5. The van der Waals surface area contributed by atoms with Crippen molar-refractivity contribution in [3.05, 3.63) is 0 Å². The van der Waals surface area contributed by atoms with Crippen LogP contribution in [0.15, 0.2) is 0 Å². The molecule has 0 bridgehead atoms. The monoisotopic (exact) mass is 230 g/mol. The van der Waals surface area contributed by atoms with E-state index in [4.69, 9.17) is 5.11 Å². The van der Waals surface area contributed by atoms with Crippen molar-refractivity contribution in [3.63, 3.8) is 0 Å². The van der Waals surface area contributed by atoms with E-state index in [0.29, 0.717) is 6.54 Å². The number of rotatable bonds is 7. The highest BCUT2D eigenvalue weighted by molar-refractivity contribution is 5.83. The van der Waals surface area contributed by atoms with Gasteiger partial charge in [0.25, 0.3) is 0 Å². The van der Waals surface area contributed by atoms with Crippen LogP contribution < -0.4 is 10.6 Å². The molecule has 3 N–H and O–H groups in total. The van der Waals surface area contributed by atoms with Crippen LogP contribution >= 0.6 is 0 Å². The van der Waals surface area contributed by atoms with Crippen LogP contribution in [-0.4, -0.2) is 35.1 Å². The summed E-state index contributed by atoms with van der Waals surface area (Å²) in [4.78, 5) is 22.4. The molecule has 1 atom stereocenters. The zero-order chi connectivity index (χ0) is 12.8. The second-order valence-electron chi connectivity index (χ2n) is 4.44. The van der Waals surface area contributed by atoms with Crippen LogP contribution in [0.3, 0.4) is 0 Å². The van der Waals surface area contributed by atoms with Gasteiger partial charge >= 0.3 is 5.97 Å². The molecule has 0 spiro atoms. The molecule has 0 radical (unpaired) electrons. The largest absolute Gasteiger partial charge is 0.480 e. The molecule has 0 aromatic heterocycles. The summed E-state index contributed by atoms with van der Waals surface area (Å²) in [6.45, 7) is 7.40. The van der Waals surface area contributed by atoms with Crippen molar-refractivity contribution in [2.24, 2.45) is 0 Å². The van der Waals surface area contributed by atoms with Crippen LogP contribution in [0.4, 0.5) is 0 Å². The summed E-state index contributed by atoms with van der Waals surface area (Å²) < 4.78 is 0. The fraction of sp³-hybridized carbons (Fsp3) is 0.818. The van der Waals surface area contributed by atoms with Gasteiger partial charge in [0, 0.05) is 6.54 Å². The number of hydrogen-bond donors (Lipinski definition) is 3. The average molecular weight is 230 g/mol. The molecule has 0 fully saturated rings. The van der Waals surface area contributed by atoms with Gasteiger partial charge in [-0.2, -0.15) is 0 Å². The molecule has 16 heavy (non-hydrogen) atoms. The Morgan fingerprint density at radius 1 is 1.38 bits per heavy atom. The third-order valence-corrected chi connectivity index (χ3v) is 2.33. The van der Waals surface area contributed by atoms with Crippen LogP contribution in [0.1, 0.15) is 40.5 Å². The summed E-state index contributed by atoms with van der Waals surface area (Å²) in [6, 6.07) is -0.511. The van der Waals surface area contributed by atoms with E-state index in [1.54, 1.807) is 6.92 Å². The van der Waals surface area contributed by atoms with Crippen LogP contribution in [0.2, 0.25) is 0 Å². The van der Waals surface area contributed by atoms with E-state index in [1.165, 1.54) is 13.8 Å². The van der Waals surface area contributed by atoms with Gasteiger partial charge in [0.1, 0.15) is 5.54 Å². The first-order valence-corrected chi connectivity index (χ1v) is 5.60. The molecule has 0 saturated heterocycles. The molecule has 1 unspecified atom stereocenters. The quantitative estimate of drug-likeness (QED) is 0.564. The van der Waals surface area contributed by atoms with Crippen molar-refractivity contribution in [1.29, 1.82) is 0 Å². The van der Waals surface area contributed by atoms with Crippen molar-refractivity contribution in [1.82, 2.24) is 10.6 Å². The number of carbonyl (C=O) groups excluding carboxylic acids is 1. The molecule has 1 amide bonds. The first kappa shape index (κ1) is 14.9.